The fourth-order valence-electron chi connectivity index (χ4n) is 1.35. The van der Waals surface area contributed by atoms with Crippen molar-refractivity contribution < 1.29 is 14.6 Å². The number of hydrogen-bond donors (Lipinski definition) is 3. The maximum atomic E-state index is 9.19. The van der Waals surface area contributed by atoms with E-state index in [2.05, 4.69) is 5.32 Å². The molecule has 1 heterocycles. The molecule has 16 heavy (non-hydrogen) atoms. The van der Waals surface area contributed by atoms with Crippen molar-refractivity contribution in [3.05, 3.63) is 30.2 Å². The molecule has 0 spiro atoms. The average molecular weight is 225 g/mol. The van der Waals surface area contributed by atoms with Gasteiger partial charge < -0.3 is 19.9 Å². The van der Waals surface area contributed by atoms with Crippen LogP contribution in [0.15, 0.2) is 28.9 Å². The third-order valence-electron chi connectivity index (χ3n) is 2.70. The van der Waals surface area contributed by atoms with Crippen LogP contribution in [0.25, 0.3) is 6.08 Å². The Balaban J connectivity index is 2.39. The molecule has 4 nitrogen and oxygen atoms in total. The Kier molecular flexibility index (Phi) is 5.25. The highest BCUT2D eigenvalue weighted by Crippen LogP contribution is 2.08. The van der Waals surface area contributed by atoms with E-state index in [1.807, 2.05) is 31.2 Å². The molecule has 0 aliphatic rings. The summed E-state index contributed by atoms with van der Waals surface area (Å²) in [5.41, 5.74) is -0.590. The number of nitrogens with one attached hydrogen (secondary N) is 1. The number of hydrogen-bond acceptors (Lipinski definition) is 4. The van der Waals surface area contributed by atoms with E-state index in [4.69, 9.17) is 4.42 Å². The summed E-state index contributed by atoms with van der Waals surface area (Å²) in [6.07, 6.45) is 6.04. The van der Waals surface area contributed by atoms with Gasteiger partial charge in [0, 0.05) is 6.54 Å². The van der Waals surface area contributed by atoms with E-state index < -0.39 is 5.54 Å². The van der Waals surface area contributed by atoms with Crippen LogP contribution in [0.3, 0.4) is 0 Å². The Morgan fingerprint density at radius 3 is 2.69 bits per heavy atom. The largest absolute Gasteiger partial charge is 0.465 e. The van der Waals surface area contributed by atoms with Crippen LogP contribution in [0, 0.1) is 0 Å². The lowest BCUT2D eigenvalue weighted by Gasteiger charge is -2.29. The molecule has 0 saturated carbocycles. The van der Waals surface area contributed by atoms with Crippen molar-refractivity contribution in [2.75, 3.05) is 19.8 Å². The Hall–Kier alpha value is -1.10. The van der Waals surface area contributed by atoms with Crippen molar-refractivity contribution in [3.8, 4) is 0 Å². The van der Waals surface area contributed by atoms with Gasteiger partial charge in [-0.3, -0.25) is 0 Å². The van der Waals surface area contributed by atoms with Gasteiger partial charge in [0.15, 0.2) is 0 Å². The van der Waals surface area contributed by atoms with Gasteiger partial charge in [-0.05, 0) is 24.6 Å². The van der Waals surface area contributed by atoms with Crippen molar-refractivity contribution in [3.63, 3.8) is 0 Å². The fraction of sp³-hybridized carbons (Fsp3) is 0.500. The van der Waals surface area contributed by atoms with Crippen molar-refractivity contribution >= 4 is 6.08 Å². The second-order valence-corrected chi connectivity index (χ2v) is 3.75. The van der Waals surface area contributed by atoms with Gasteiger partial charge >= 0.3 is 0 Å². The lowest BCUT2D eigenvalue weighted by molar-refractivity contribution is 0.0909. The van der Waals surface area contributed by atoms with E-state index >= 15 is 0 Å². The van der Waals surface area contributed by atoms with Crippen LogP contribution in [-0.4, -0.2) is 35.5 Å². The maximum absolute atomic E-state index is 9.19. The molecule has 0 fully saturated rings. The van der Waals surface area contributed by atoms with Crippen LogP contribution in [0.2, 0.25) is 0 Å². The van der Waals surface area contributed by atoms with E-state index in [1.165, 1.54) is 0 Å². The first-order chi connectivity index (χ1) is 7.76. The first-order valence-electron chi connectivity index (χ1n) is 5.43. The molecule has 1 rings (SSSR count). The summed E-state index contributed by atoms with van der Waals surface area (Å²) in [7, 11) is 0. The smallest absolute Gasteiger partial charge is 0.126 e. The van der Waals surface area contributed by atoms with E-state index in [-0.39, 0.29) is 13.2 Å². The van der Waals surface area contributed by atoms with Crippen LogP contribution in [-0.2, 0) is 0 Å². The van der Waals surface area contributed by atoms with Gasteiger partial charge in [0.2, 0.25) is 0 Å². The van der Waals surface area contributed by atoms with E-state index in [0.29, 0.717) is 13.0 Å². The standard InChI is InChI=1S/C12H19NO3/c1-2-12(9-14,10-15)13-7-3-5-11-6-4-8-16-11/h3-6,8,13-15H,2,7,9-10H2,1H3/b5-3+. The molecular formula is C12H19NO3. The van der Waals surface area contributed by atoms with Gasteiger partial charge in [0.25, 0.3) is 0 Å². The molecule has 0 aliphatic heterocycles. The molecule has 0 radical (unpaired) electrons. The summed E-state index contributed by atoms with van der Waals surface area (Å²) in [4.78, 5) is 0. The van der Waals surface area contributed by atoms with E-state index in [1.54, 1.807) is 6.26 Å². The minimum atomic E-state index is -0.590. The monoisotopic (exact) mass is 225 g/mol. The second kappa shape index (κ2) is 6.48. The third-order valence-corrected chi connectivity index (χ3v) is 2.70. The normalized spacial score (nSPS) is 12.4. The lowest BCUT2D eigenvalue weighted by Crippen LogP contribution is -2.51. The summed E-state index contributed by atoms with van der Waals surface area (Å²) >= 11 is 0. The number of aliphatic hydroxyl groups is 2. The SMILES string of the molecule is CCC(CO)(CO)NC/C=C/c1ccco1. The van der Waals surface area contributed by atoms with Gasteiger partial charge in [-0.2, -0.15) is 0 Å². The van der Waals surface area contributed by atoms with Crippen LogP contribution in [0.1, 0.15) is 19.1 Å². The quantitative estimate of drug-likeness (QED) is 0.648. The molecule has 0 atom stereocenters. The molecule has 0 amide bonds. The topological polar surface area (TPSA) is 65.6 Å². The summed E-state index contributed by atoms with van der Waals surface area (Å²) in [5, 5.41) is 21.5. The molecule has 0 aromatic carbocycles. The van der Waals surface area contributed by atoms with E-state index in [9.17, 15) is 10.2 Å². The highest BCUT2D eigenvalue weighted by molar-refractivity contribution is 5.42. The van der Waals surface area contributed by atoms with Crippen molar-refractivity contribution in [1.29, 1.82) is 0 Å². The summed E-state index contributed by atoms with van der Waals surface area (Å²) in [6.45, 7) is 2.36. The molecule has 0 bridgehead atoms. The minimum absolute atomic E-state index is 0.0748. The van der Waals surface area contributed by atoms with Crippen LogP contribution >= 0.6 is 0 Å². The highest BCUT2D eigenvalue weighted by atomic mass is 16.3. The Labute approximate surface area is 95.6 Å². The predicted octanol–water partition coefficient (Wildman–Crippen LogP) is 1.02. The first-order valence-corrected chi connectivity index (χ1v) is 5.43. The zero-order chi connectivity index (χ0) is 11.9. The number of aliphatic hydroxyl groups excluding tert-OH is 2. The molecular weight excluding hydrogens is 206 g/mol. The van der Waals surface area contributed by atoms with Gasteiger partial charge in [-0.15, -0.1) is 0 Å². The number of rotatable bonds is 7. The highest BCUT2D eigenvalue weighted by Gasteiger charge is 2.24. The zero-order valence-electron chi connectivity index (χ0n) is 9.52. The minimum Gasteiger partial charge on any atom is -0.465 e. The fourth-order valence-corrected chi connectivity index (χ4v) is 1.35. The molecule has 1 aromatic heterocycles. The van der Waals surface area contributed by atoms with Crippen molar-refractivity contribution in [2.45, 2.75) is 18.9 Å². The molecule has 4 heteroatoms. The molecule has 0 aliphatic carbocycles. The Bertz CT molecular complexity index is 294. The lowest BCUT2D eigenvalue weighted by atomic mass is 9.98. The first kappa shape index (κ1) is 13.0. The van der Waals surface area contributed by atoms with Crippen LogP contribution < -0.4 is 5.32 Å². The molecule has 90 valence electrons. The Morgan fingerprint density at radius 1 is 1.44 bits per heavy atom. The maximum Gasteiger partial charge on any atom is 0.126 e. The zero-order valence-corrected chi connectivity index (χ0v) is 9.52. The van der Waals surface area contributed by atoms with Gasteiger partial charge in [0.1, 0.15) is 5.76 Å². The average Bonchev–Trinajstić information content (AvgIpc) is 2.83. The van der Waals surface area contributed by atoms with Crippen LogP contribution in [0.5, 0.6) is 0 Å². The number of furan rings is 1. The molecule has 0 unspecified atom stereocenters. The summed E-state index contributed by atoms with van der Waals surface area (Å²) in [5.74, 6) is 0.789. The summed E-state index contributed by atoms with van der Waals surface area (Å²) < 4.78 is 5.13. The summed E-state index contributed by atoms with van der Waals surface area (Å²) in [6, 6.07) is 3.69. The van der Waals surface area contributed by atoms with Crippen molar-refractivity contribution in [2.24, 2.45) is 0 Å². The molecule has 3 N–H and O–H groups in total. The third kappa shape index (κ3) is 3.48. The Morgan fingerprint density at radius 2 is 2.19 bits per heavy atom. The van der Waals surface area contributed by atoms with Crippen molar-refractivity contribution in [1.82, 2.24) is 5.32 Å². The second-order valence-electron chi connectivity index (χ2n) is 3.75. The van der Waals surface area contributed by atoms with E-state index in [0.717, 1.165) is 5.76 Å². The van der Waals surface area contributed by atoms with Gasteiger partial charge in [-0.25, -0.2) is 0 Å². The van der Waals surface area contributed by atoms with Gasteiger partial charge in [0.05, 0.1) is 25.0 Å². The van der Waals surface area contributed by atoms with Gasteiger partial charge in [-0.1, -0.05) is 13.0 Å². The predicted molar refractivity (Wildman–Crippen MR) is 62.9 cm³/mol. The van der Waals surface area contributed by atoms with Crippen LogP contribution in [0.4, 0.5) is 0 Å². The molecule has 0 saturated heterocycles. The molecule has 1 aromatic rings.